The van der Waals surface area contributed by atoms with E-state index >= 15 is 0 Å². The molecule has 0 amide bonds. The molecule has 80 valence electrons. The van der Waals surface area contributed by atoms with Crippen molar-refractivity contribution in [1.29, 1.82) is 0 Å². The first-order valence-electron chi connectivity index (χ1n) is 4.63. The van der Waals surface area contributed by atoms with Crippen molar-refractivity contribution < 1.29 is 13.2 Å². The molecule has 13 heavy (non-hydrogen) atoms. The molecule has 0 heterocycles. The normalized spacial score (nSPS) is 17.1. The van der Waals surface area contributed by atoms with Gasteiger partial charge in [0.15, 0.2) is 0 Å². The van der Waals surface area contributed by atoms with Gasteiger partial charge in [-0.05, 0) is 20.4 Å². The van der Waals surface area contributed by atoms with Crippen molar-refractivity contribution in [3.05, 3.63) is 0 Å². The van der Waals surface area contributed by atoms with Gasteiger partial charge in [0.05, 0.1) is 0 Å². The molecular weight excluding hydrogens is 179 g/mol. The van der Waals surface area contributed by atoms with E-state index in [0.717, 1.165) is 12.8 Å². The number of nitrogens with one attached hydrogen (secondary N) is 1. The van der Waals surface area contributed by atoms with Gasteiger partial charge >= 0.3 is 6.18 Å². The molecule has 0 aliphatic carbocycles. The second-order valence-electron chi connectivity index (χ2n) is 3.54. The smallest absolute Gasteiger partial charge is 0.307 e. The molecule has 0 fully saturated rings. The van der Waals surface area contributed by atoms with E-state index in [0.29, 0.717) is 6.42 Å². The van der Waals surface area contributed by atoms with Gasteiger partial charge < -0.3 is 5.32 Å². The first kappa shape index (κ1) is 12.8. The lowest BCUT2D eigenvalue weighted by Crippen LogP contribution is -2.52. The highest BCUT2D eigenvalue weighted by atomic mass is 19.4. The molecule has 1 nitrogen and oxygen atoms in total. The molecule has 0 radical (unpaired) electrons. The Bertz CT molecular complexity index is 144. The van der Waals surface area contributed by atoms with E-state index in [-0.39, 0.29) is 6.42 Å². The number of alkyl halides is 3. The highest BCUT2D eigenvalue weighted by Crippen LogP contribution is 2.33. The molecule has 1 atom stereocenters. The van der Waals surface area contributed by atoms with Crippen molar-refractivity contribution in [2.75, 3.05) is 7.05 Å². The Morgan fingerprint density at radius 3 is 2.00 bits per heavy atom. The zero-order valence-electron chi connectivity index (χ0n) is 8.46. The van der Waals surface area contributed by atoms with Crippen LogP contribution in [0.1, 0.15) is 39.5 Å². The lowest BCUT2D eigenvalue weighted by molar-refractivity contribution is -0.192. The van der Waals surface area contributed by atoms with E-state index < -0.39 is 11.7 Å². The third-order valence-corrected chi connectivity index (χ3v) is 2.46. The fourth-order valence-corrected chi connectivity index (χ4v) is 1.14. The third kappa shape index (κ3) is 3.55. The highest BCUT2D eigenvalue weighted by Gasteiger charge is 2.49. The van der Waals surface area contributed by atoms with Crippen molar-refractivity contribution in [1.82, 2.24) is 5.32 Å². The molecule has 4 heteroatoms. The summed E-state index contributed by atoms with van der Waals surface area (Å²) in [6, 6.07) is 0. The summed E-state index contributed by atoms with van der Waals surface area (Å²) >= 11 is 0. The molecule has 0 aromatic carbocycles. The van der Waals surface area contributed by atoms with Crippen LogP contribution >= 0.6 is 0 Å². The standard InChI is InChI=1S/C9H18F3N/c1-4-5-6-7-8(2,13-3)9(10,11)12/h13H,4-7H2,1-3H3. The van der Waals surface area contributed by atoms with Crippen molar-refractivity contribution in [2.24, 2.45) is 0 Å². The lowest BCUT2D eigenvalue weighted by Gasteiger charge is -2.31. The zero-order chi connectivity index (χ0) is 10.5. The molecular formula is C9H18F3N. The first-order valence-corrected chi connectivity index (χ1v) is 4.63. The minimum atomic E-state index is -4.16. The monoisotopic (exact) mass is 197 g/mol. The van der Waals surface area contributed by atoms with Crippen LogP contribution in [0.15, 0.2) is 0 Å². The van der Waals surface area contributed by atoms with Crippen LogP contribution in [0.5, 0.6) is 0 Å². The summed E-state index contributed by atoms with van der Waals surface area (Å²) in [5.74, 6) is 0. The van der Waals surface area contributed by atoms with Crippen LogP contribution in [0.3, 0.4) is 0 Å². The summed E-state index contributed by atoms with van der Waals surface area (Å²) in [5, 5.41) is 2.35. The van der Waals surface area contributed by atoms with Crippen molar-refractivity contribution in [3.63, 3.8) is 0 Å². The number of unbranched alkanes of at least 4 members (excludes halogenated alkanes) is 2. The maximum atomic E-state index is 12.5. The van der Waals surface area contributed by atoms with Gasteiger partial charge in [-0.25, -0.2) is 0 Å². The largest absolute Gasteiger partial charge is 0.406 e. The minimum absolute atomic E-state index is 0.154. The van der Waals surface area contributed by atoms with E-state index in [2.05, 4.69) is 5.32 Å². The van der Waals surface area contributed by atoms with Gasteiger partial charge in [0.25, 0.3) is 0 Å². The van der Waals surface area contributed by atoms with E-state index in [9.17, 15) is 13.2 Å². The van der Waals surface area contributed by atoms with Crippen LogP contribution in [-0.2, 0) is 0 Å². The topological polar surface area (TPSA) is 12.0 Å². The van der Waals surface area contributed by atoms with Crippen molar-refractivity contribution in [2.45, 2.75) is 51.2 Å². The summed E-state index contributed by atoms with van der Waals surface area (Å²) < 4.78 is 37.4. The average molecular weight is 197 g/mol. The van der Waals surface area contributed by atoms with Crippen molar-refractivity contribution >= 4 is 0 Å². The summed E-state index contributed by atoms with van der Waals surface area (Å²) in [5.41, 5.74) is -1.72. The molecule has 0 aromatic heterocycles. The fourth-order valence-electron chi connectivity index (χ4n) is 1.14. The maximum Gasteiger partial charge on any atom is 0.406 e. The molecule has 0 rings (SSSR count). The second-order valence-corrected chi connectivity index (χ2v) is 3.54. The molecule has 0 bridgehead atoms. The molecule has 1 unspecified atom stereocenters. The Kier molecular flexibility index (Phi) is 4.75. The van der Waals surface area contributed by atoms with Gasteiger partial charge in [0.2, 0.25) is 0 Å². The predicted octanol–water partition coefficient (Wildman–Crippen LogP) is 3.11. The predicted molar refractivity (Wildman–Crippen MR) is 47.7 cm³/mol. The molecule has 0 spiro atoms. The summed E-state index contributed by atoms with van der Waals surface area (Å²) in [6.07, 6.45) is -1.59. The zero-order valence-corrected chi connectivity index (χ0v) is 8.46. The van der Waals surface area contributed by atoms with Crippen molar-refractivity contribution in [3.8, 4) is 0 Å². The van der Waals surface area contributed by atoms with Gasteiger partial charge in [-0.2, -0.15) is 13.2 Å². The van der Waals surface area contributed by atoms with E-state index in [1.54, 1.807) is 0 Å². The SMILES string of the molecule is CCCCCC(C)(NC)C(F)(F)F. The van der Waals surface area contributed by atoms with Crippen LogP contribution in [0.2, 0.25) is 0 Å². The van der Waals surface area contributed by atoms with Gasteiger partial charge in [-0.3, -0.25) is 0 Å². The average Bonchev–Trinajstić information content (AvgIpc) is 2.02. The van der Waals surface area contributed by atoms with Gasteiger partial charge in [-0.15, -0.1) is 0 Å². The van der Waals surface area contributed by atoms with Crippen LogP contribution in [-0.4, -0.2) is 18.8 Å². The Morgan fingerprint density at radius 2 is 1.69 bits per heavy atom. The summed E-state index contributed by atoms with van der Waals surface area (Å²) in [7, 11) is 1.36. The third-order valence-electron chi connectivity index (χ3n) is 2.46. The summed E-state index contributed by atoms with van der Waals surface area (Å²) in [4.78, 5) is 0. The lowest BCUT2D eigenvalue weighted by atomic mass is 9.94. The fraction of sp³-hybridized carbons (Fsp3) is 1.00. The maximum absolute atomic E-state index is 12.5. The number of hydrogen-bond acceptors (Lipinski definition) is 1. The number of rotatable bonds is 5. The van der Waals surface area contributed by atoms with Gasteiger partial charge in [0, 0.05) is 0 Å². The van der Waals surface area contributed by atoms with Crippen LogP contribution in [0.4, 0.5) is 13.2 Å². The van der Waals surface area contributed by atoms with E-state index in [1.807, 2.05) is 6.92 Å². The first-order chi connectivity index (χ1) is 5.87. The molecule has 0 saturated heterocycles. The van der Waals surface area contributed by atoms with E-state index in [1.165, 1.54) is 14.0 Å². The Hall–Kier alpha value is -0.250. The van der Waals surface area contributed by atoms with E-state index in [4.69, 9.17) is 0 Å². The minimum Gasteiger partial charge on any atom is -0.307 e. The Morgan fingerprint density at radius 1 is 1.15 bits per heavy atom. The second kappa shape index (κ2) is 4.84. The van der Waals surface area contributed by atoms with Crippen LogP contribution in [0, 0.1) is 0 Å². The van der Waals surface area contributed by atoms with Crippen LogP contribution < -0.4 is 5.32 Å². The molecule has 0 saturated carbocycles. The van der Waals surface area contributed by atoms with Gasteiger partial charge in [0.1, 0.15) is 5.54 Å². The Labute approximate surface area is 77.7 Å². The molecule has 0 aliphatic rings. The number of hydrogen-bond donors (Lipinski definition) is 1. The van der Waals surface area contributed by atoms with Gasteiger partial charge in [-0.1, -0.05) is 26.2 Å². The summed E-state index contributed by atoms with van der Waals surface area (Å²) in [6.45, 7) is 3.19. The quantitative estimate of drug-likeness (QED) is 0.668. The van der Waals surface area contributed by atoms with Crippen LogP contribution in [0.25, 0.3) is 0 Å². The Balaban J connectivity index is 4.13. The molecule has 0 aromatic rings. The highest BCUT2D eigenvalue weighted by molar-refractivity contribution is 4.89. The number of halogens is 3. The molecule has 1 N–H and O–H groups in total. The molecule has 0 aliphatic heterocycles.